The van der Waals surface area contributed by atoms with Crippen molar-refractivity contribution in [2.75, 3.05) is 0 Å². The quantitative estimate of drug-likeness (QED) is 0.0308. The second-order valence-electron chi connectivity index (χ2n) is 31.3. The molecule has 8 heterocycles. The lowest BCUT2D eigenvalue weighted by Crippen LogP contribution is -1.98. The van der Waals surface area contributed by atoms with E-state index >= 15 is 0 Å². The average Bonchev–Trinajstić information content (AvgIpc) is 1.71. The number of aromatic nitrogens is 16. The van der Waals surface area contributed by atoms with Crippen LogP contribution in [-0.2, 0) is 56.4 Å². The Balaban J connectivity index is 0.000000185. The van der Waals surface area contributed by atoms with Crippen LogP contribution in [0.2, 0.25) is 5.02 Å². The van der Waals surface area contributed by atoms with Crippen molar-refractivity contribution in [3.63, 3.8) is 0 Å². The summed E-state index contributed by atoms with van der Waals surface area (Å²) >= 11 is 10.6. The van der Waals surface area contributed by atoms with Crippen LogP contribution in [0.5, 0.6) is 0 Å². The standard InChI is InChI=1S/C13H12ClN3O2.4C13H13N3O2.C12H10FN3O2.2C12H10IN3O2/c1-9-3-4-10(11(14)7-9)5-6-12-15-8-13(16(12)2)17(18)19;2*1-10-3-5-11(6-4-10)7-8-12-14-9-13(15(12)2)16(17)18;2*1-10-4-3-5-11(8-10)6-7-12-14-9-13(15(12)2)16(17)18;2*1-15-11(14-8-12(15)16(17)18)6-5-9-3-2-4-10(13)7-9;1-15-11(14-8-12(15)16(17)18)7-6-9-4-2-3-5-10(9)13/h3-8H,1-2H3;4*3-9H,1-2H3;3*2-8H,1H3/b6-5+;2*8-7+;2*7-6+;2*6-5+;7-6+. The van der Waals surface area contributed by atoms with Crippen molar-refractivity contribution in [2.45, 2.75) is 34.6 Å². The van der Waals surface area contributed by atoms with E-state index in [0.29, 0.717) is 57.2 Å². The van der Waals surface area contributed by atoms with Crippen LogP contribution in [0.4, 0.5) is 50.9 Å². The Bertz CT molecular complexity index is 7060. The molecule has 0 aliphatic rings. The average molecular weight is 2210 g/mol. The summed E-state index contributed by atoms with van der Waals surface area (Å²) in [4.78, 5) is 114. The topological polar surface area (TPSA) is 488 Å². The molecular weight excluding hydrogens is 2110 g/mol. The van der Waals surface area contributed by atoms with Crippen molar-refractivity contribution in [3.8, 4) is 0 Å². The number of nitrogens with zero attached hydrogens (tertiary/aromatic N) is 24. The Hall–Kier alpha value is -17.8. The van der Waals surface area contributed by atoms with Crippen molar-refractivity contribution in [2.24, 2.45) is 56.4 Å². The zero-order chi connectivity index (χ0) is 106. The van der Waals surface area contributed by atoms with Gasteiger partial charge in [-0.25, -0.2) is 80.8 Å². The van der Waals surface area contributed by atoms with E-state index in [0.717, 1.165) is 51.6 Å². The number of rotatable bonds is 24. The summed E-state index contributed by atoms with van der Waals surface area (Å²) < 4.78 is 26.7. The highest BCUT2D eigenvalue weighted by Gasteiger charge is 2.22. The van der Waals surface area contributed by atoms with Gasteiger partial charge in [0.2, 0.25) is 46.6 Å². The molecule has 8 aromatic heterocycles. The third kappa shape index (κ3) is 33.2. The molecule has 0 unspecified atom stereocenters. The van der Waals surface area contributed by atoms with Crippen LogP contribution in [0.15, 0.2) is 238 Å². The third-order valence-electron chi connectivity index (χ3n) is 20.9. The number of benzene rings is 8. The van der Waals surface area contributed by atoms with Crippen molar-refractivity contribution in [1.82, 2.24) is 76.4 Å². The van der Waals surface area contributed by atoms with Gasteiger partial charge in [-0.1, -0.05) is 186 Å². The molecule has 0 saturated heterocycles. The lowest BCUT2D eigenvalue weighted by Gasteiger charge is -1.99. The molecule has 0 radical (unpaired) electrons. The fraction of sp³-hybridized carbons (Fsp3) is 0.129. The van der Waals surface area contributed by atoms with Gasteiger partial charge in [0.1, 0.15) is 55.4 Å². The monoisotopic (exact) mass is 2210 g/mol. The van der Waals surface area contributed by atoms with Crippen LogP contribution in [0.3, 0.4) is 0 Å². The first-order valence-electron chi connectivity index (χ1n) is 43.1. The van der Waals surface area contributed by atoms with Gasteiger partial charge >= 0.3 is 46.5 Å². The van der Waals surface area contributed by atoms with Crippen molar-refractivity contribution in [3.05, 3.63) is 455 Å². The maximum Gasteiger partial charge on any atom is 0.342 e. The molecule has 44 heteroatoms. The minimum Gasteiger partial charge on any atom is -0.358 e. The molecule has 0 aliphatic heterocycles. The van der Waals surface area contributed by atoms with Crippen LogP contribution in [0.25, 0.3) is 97.2 Å². The highest BCUT2D eigenvalue weighted by molar-refractivity contribution is 14.1. The fourth-order valence-electron chi connectivity index (χ4n) is 12.8. The molecule has 0 spiro atoms. The summed E-state index contributed by atoms with van der Waals surface area (Å²) in [5.41, 5.74) is 13.6. The van der Waals surface area contributed by atoms with E-state index in [-0.39, 0.29) is 52.4 Å². The van der Waals surface area contributed by atoms with E-state index < -0.39 is 39.4 Å². The number of imidazole rings is 8. The molecule has 0 fully saturated rings. The molecule has 16 rings (SSSR count). The summed E-state index contributed by atoms with van der Waals surface area (Å²) in [7, 11) is 12.9. The molecule has 40 nitrogen and oxygen atoms in total. The van der Waals surface area contributed by atoms with Crippen LogP contribution in [0.1, 0.15) is 119 Å². The molecule has 0 N–H and O–H groups in total. The molecule has 0 bridgehead atoms. The summed E-state index contributed by atoms with van der Waals surface area (Å²) in [6, 6.07) is 59.6. The Morgan fingerprint density at radius 1 is 0.248 bits per heavy atom. The van der Waals surface area contributed by atoms with E-state index in [1.807, 2.05) is 235 Å². The third-order valence-corrected chi connectivity index (χ3v) is 22.8. The molecule has 0 amide bonds. The van der Waals surface area contributed by atoms with Gasteiger partial charge in [-0.3, -0.25) is 0 Å². The predicted octanol–water partition coefficient (Wildman–Crippen LogP) is 23.5. The van der Waals surface area contributed by atoms with Gasteiger partial charge in [0.25, 0.3) is 0 Å². The molecule has 0 aliphatic carbocycles. The van der Waals surface area contributed by atoms with E-state index in [1.54, 1.807) is 129 Å². The van der Waals surface area contributed by atoms with Crippen LogP contribution in [0, 0.1) is 128 Å². The number of hydrogen-bond acceptors (Lipinski definition) is 24. The summed E-state index contributed by atoms with van der Waals surface area (Å²) in [5.74, 6) is 3.73. The van der Waals surface area contributed by atoms with Gasteiger partial charge in [0.05, 0.1) is 56.4 Å². The highest BCUT2D eigenvalue weighted by Crippen LogP contribution is 2.27. The minimum absolute atomic E-state index is 0.0149. The Morgan fingerprint density at radius 3 is 0.738 bits per heavy atom. The molecule has 8 aromatic carbocycles. The molecule has 0 atom stereocenters. The first-order valence-corrected chi connectivity index (χ1v) is 45.6. The van der Waals surface area contributed by atoms with Gasteiger partial charge in [0.15, 0.2) is 0 Å². The molecule has 16 aromatic rings. The van der Waals surface area contributed by atoms with E-state index in [1.165, 1.54) is 120 Å². The molecular formula is C101H94ClFI2N24O16. The maximum atomic E-state index is 12.9. The maximum absolute atomic E-state index is 12.9. The zero-order valence-corrected chi connectivity index (χ0v) is 85.1. The number of aryl methyl sites for hydroxylation is 5. The lowest BCUT2D eigenvalue weighted by atomic mass is 10.1. The Labute approximate surface area is 861 Å². The van der Waals surface area contributed by atoms with E-state index in [4.69, 9.17) is 11.6 Å². The number of halogens is 4. The first-order chi connectivity index (χ1) is 69.0. The molecule has 145 heavy (non-hydrogen) atoms. The number of nitro groups is 8. The second kappa shape index (κ2) is 53.6. The van der Waals surface area contributed by atoms with Gasteiger partial charge in [-0.2, -0.15) is 0 Å². The first kappa shape index (κ1) is 111. The van der Waals surface area contributed by atoms with Gasteiger partial charge in [0, 0.05) is 60.8 Å². The normalized spacial score (nSPS) is 11.0. The molecule has 742 valence electrons. The summed E-state index contributed by atoms with van der Waals surface area (Å²) in [6.07, 6.45) is 38.6. The molecule has 0 saturated carbocycles. The summed E-state index contributed by atoms with van der Waals surface area (Å²) in [5, 5.41) is 86.0. The van der Waals surface area contributed by atoms with Crippen molar-refractivity contribution < 1.29 is 43.8 Å². The second-order valence-corrected chi connectivity index (χ2v) is 34.1. The van der Waals surface area contributed by atoms with E-state index in [9.17, 15) is 85.3 Å². The highest BCUT2D eigenvalue weighted by atomic mass is 127. The minimum atomic E-state index is -0.507. The SMILES string of the molecule is Cc1ccc(/C=C/c2ncc([N+](=O)[O-])n2C)c(Cl)c1.Cc1ccc(/C=C/c2ncc([N+](=O)[O-])n2C)cc1.Cc1ccc(/C=C/c2ncc([N+](=O)[O-])n2C)cc1.Cc1cccc(/C=C/c2ncc([N+](=O)[O-])n2C)c1.Cc1cccc(/C=C/c2ncc([N+](=O)[O-])n2C)c1.Cn1c([N+](=O)[O-])cnc1/C=C/c1cccc(F)c1.Cn1c([N+](=O)[O-])cnc1/C=C/c1cccc(I)c1.Cn1c([N+](=O)[O-])cnc1/C=C/c1ccccc1I. The zero-order valence-electron chi connectivity index (χ0n) is 80.0. The predicted molar refractivity (Wildman–Crippen MR) is 576 cm³/mol. The Morgan fingerprint density at radius 2 is 0.483 bits per heavy atom. The van der Waals surface area contributed by atoms with Gasteiger partial charge < -0.3 is 80.9 Å². The lowest BCUT2D eigenvalue weighted by molar-refractivity contribution is -0.391. The van der Waals surface area contributed by atoms with Crippen molar-refractivity contribution >= 4 is 201 Å². The van der Waals surface area contributed by atoms with Crippen molar-refractivity contribution in [1.29, 1.82) is 0 Å². The van der Waals surface area contributed by atoms with Crippen LogP contribution < -0.4 is 0 Å². The Kier molecular flexibility index (Phi) is 41.0. The van der Waals surface area contributed by atoms with Crippen LogP contribution >= 0.6 is 56.8 Å². The van der Waals surface area contributed by atoms with Crippen LogP contribution in [-0.4, -0.2) is 116 Å². The fourth-order valence-corrected chi connectivity index (χ4v) is 14.2. The van der Waals surface area contributed by atoms with Gasteiger partial charge in [-0.05, 0) is 254 Å². The number of hydrogen-bond donors (Lipinski definition) is 0. The van der Waals surface area contributed by atoms with Gasteiger partial charge in [-0.15, -0.1) is 0 Å². The smallest absolute Gasteiger partial charge is 0.342 e. The summed E-state index contributed by atoms with van der Waals surface area (Å²) in [6.45, 7) is 10.0. The van der Waals surface area contributed by atoms with E-state index in [2.05, 4.69) is 85.1 Å². The largest absolute Gasteiger partial charge is 0.358 e.